The Hall–Kier alpha value is -2.90. The van der Waals surface area contributed by atoms with Gasteiger partial charge in [0.2, 0.25) is 5.91 Å². The zero-order chi connectivity index (χ0) is 23.8. The van der Waals surface area contributed by atoms with E-state index in [9.17, 15) is 4.79 Å². The lowest BCUT2D eigenvalue weighted by atomic mass is 10.0. The van der Waals surface area contributed by atoms with Gasteiger partial charge in [-0.1, -0.05) is 12.1 Å². The molecule has 0 saturated heterocycles. The molecule has 1 aliphatic rings. The number of carbonyl (C=O) groups is 1. The molecule has 0 atom stereocenters. The lowest BCUT2D eigenvalue weighted by Crippen LogP contribution is -2.30. The number of amides is 1. The van der Waals surface area contributed by atoms with E-state index in [4.69, 9.17) is 18.9 Å². The normalized spacial score (nSPS) is 12.6. The van der Waals surface area contributed by atoms with Crippen LogP contribution in [0.4, 0.5) is 0 Å². The summed E-state index contributed by atoms with van der Waals surface area (Å²) >= 11 is 0. The zero-order valence-corrected chi connectivity index (χ0v) is 21.4. The van der Waals surface area contributed by atoms with Gasteiger partial charge in [0.05, 0.1) is 34.9 Å². The molecule has 0 radical (unpaired) electrons. The predicted octanol–water partition coefficient (Wildman–Crippen LogP) is 4.06. The fourth-order valence-electron chi connectivity index (χ4n) is 4.03. The highest BCUT2D eigenvalue weighted by atomic mass is 35.5. The molecular formula is C26H35ClN2O5. The second-order valence-corrected chi connectivity index (χ2v) is 8.04. The molecule has 186 valence electrons. The highest BCUT2D eigenvalue weighted by Crippen LogP contribution is 2.35. The van der Waals surface area contributed by atoms with Crippen LogP contribution in [0.25, 0.3) is 6.08 Å². The number of methoxy groups -OCH3 is 4. The molecule has 1 amide bonds. The Morgan fingerprint density at radius 3 is 2.29 bits per heavy atom. The highest BCUT2D eigenvalue weighted by molar-refractivity contribution is 5.85. The van der Waals surface area contributed by atoms with Crippen LogP contribution in [-0.2, 0) is 17.6 Å². The van der Waals surface area contributed by atoms with E-state index in [1.165, 1.54) is 5.56 Å². The van der Waals surface area contributed by atoms with Gasteiger partial charge in [0.15, 0.2) is 23.0 Å². The van der Waals surface area contributed by atoms with Crippen LogP contribution in [0.3, 0.4) is 0 Å². The largest absolute Gasteiger partial charge is 0.493 e. The van der Waals surface area contributed by atoms with E-state index in [0.717, 1.165) is 48.6 Å². The number of fused-ring (bicyclic) bond motifs is 1. The maximum atomic E-state index is 12.9. The van der Waals surface area contributed by atoms with Gasteiger partial charge in [0, 0.05) is 24.9 Å². The second-order valence-electron chi connectivity index (χ2n) is 8.04. The van der Waals surface area contributed by atoms with Crippen molar-refractivity contribution in [3.63, 3.8) is 0 Å². The van der Waals surface area contributed by atoms with E-state index in [1.807, 2.05) is 36.5 Å². The first-order valence-corrected chi connectivity index (χ1v) is 11.1. The topological polar surface area (TPSA) is 60.5 Å². The van der Waals surface area contributed by atoms with Gasteiger partial charge in [-0.3, -0.25) is 4.79 Å². The van der Waals surface area contributed by atoms with Crippen molar-refractivity contribution >= 4 is 24.4 Å². The zero-order valence-electron chi connectivity index (χ0n) is 20.6. The third-order valence-corrected chi connectivity index (χ3v) is 5.94. The van der Waals surface area contributed by atoms with Crippen LogP contribution in [0.1, 0.15) is 23.1 Å². The number of carbonyl (C=O) groups excluding carboxylic acids is 1. The summed E-state index contributed by atoms with van der Waals surface area (Å²) in [6.07, 6.45) is 5.94. The monoisotopic (exact) mass is 490 g/mol. The number of rotatable bonds is 11. The lowest BCUT2D eigenvalue weighted by molar-refractivity contribution is -0.127. The van der Waals surface area contributed by atoms with E-state index < -0.39 is 0 Å². The number of nitrogens with zero attached hydrogens (tertiary/aromatic N) is 2. The maximum absolute atomic E-state index is 12.9. The maximum Gasteiger partial charge on any atom is 0.231 e. The van der Waals surface area contributed by atoms with Gasteiger partial charge in [-0.2, -0.15) is 0 Å². The SMILES string of the molecule is COc1ccc(CCN(C)CCCN2C=Cc3ccc(OC)c(OC)c3CC2=O)cc1OC.Cl. The molecule has 7 nitrogen and oxygen atoms in total. The summed E-state index contributed by atoms with van der Waals surface area (Å²) in [4.78, 5) is 17.0. The van der Waals surface area contributed by atoms with Crippen LogP contribution in [-0.4, -0.2) is 70.8 Å². The molecule has 1 heterocycles. The Morgan fingerprint density at radius 2 is 1.62 bits per heavy atom. The first-order valence-electron chi connectivity index (χ1n) is 11.1. The average Bonchev–Trinajstić information content (AvgIpc) is 3.00. The number of ether oxygens (including phenoxy) is 4. The summed E-state index contributed by atoms with van der Waals surface area (Å²) in [7, 11) is 8.60. The number of benzene rings is 2. The summed E-state index contributed by atoms with van der Waals surface area (Å²) < 4.78 is 21.6. The van der Waals surface area contributed by atoms with Gasteiger partial charge in [-0.15, -0.1) is 12.4 Å². The molecule has 3 rings (SSSR count). The summed E-state index contributed by atoms with van der Waals surface area (Å²) in [6, 6.07) is 9.86. The third-order valence-electron chi connectivity index (χ3n) is 5.94. The molecule has 0 aromatic heterocycles. The van der Waals surface area contributed by atoms with Gasteiger partial charge in [0.25, 0.3) is 0 Å². The molecule has 0 bridgehead atoms. The van der Waals surface area contributed by atoms with Crippen molar-refractivity contribution in [1.82, 2.24) is 9.80 Å². The van der Waals surface area contributed by atoms with Crippen molar-refractivity contribution in [2.45, 2.75) is 19.3 Å². The van der Waals surface area contributed by atoms with Gasteiger partial charge in [-0.05, 0) is 61.8 Å². The molecular weight excluding hydrogens is 456 g/mol. The van der Waals surface area contributed by atoms with E-state index >= 15 is 0 Å². The van der Waals surface area contributed by atoms with Crippen molar-refractivity contribution < 1.29 is 23.7 Å². The minimum Gasteiger partial charge on any atom is -0.493 e. The second kappa shape index (κ2) is 13.1. The third kappa shape index (κ3) is 6.58. The Morgan fingerprint density at radius 1 is 0.912 bits per heavy atom. The summed E-state index contributed by atoms with van der Waals surface area (Å²) in [5.41, 5.74) is 3.05. The molecule has 8 heteroatoms. The molecule has 2 aromatic carbocycles. The fourth-order valence-corrected chi connectivity index (χ4v) is 4.03. The molecule has 0 spiro atoms. The summed E-state index contributed by atoms with van der Waals surface area (Å²) in [5, 5.41) is 0. The fraction of sp³-hybridized carbons (Fsp3) is 0.423. The van der Waals surface area contributed by atoms with E-state index in [0.29, 0.717) is 18.0 Å². The smallest absolute Gasteiger partial charge is 0.231 e. The molecule has 34 heavy (non-hydrogen) atoms. The Bertz CT molecular complexity index is 995. The van der Waals surface area contributed by atoms with Gasteiger partial charge in [-0.25, -0.2) is 0 Å². The van der Waals surface area contributed by atoms with Crippen molar-refractivity contribution in [2.24, 2.45) is 0 Å². The highest BCUT2D eigenvalue weighted by Gasteiger charge is 2.22. The molecule has 0 fully saturated rings. The van der Waals surface area contributed by atoms with E-state index in [-0.39, 0.29) is 24.7 Å². The standard InChI is InChI=1S/C26H34N2O5.ClH/c1-27(15-11-19-7-9-22(30-2)24(17-19)32-4)13-6-14-28-16-12-20-8-10-23(31-3)26(33-5)21(20)18-25(28)29;/h7-10,12,16-17H,6,11,13-15,18H2,1-5H3;1H. The lowest BCUT2D eigenvalue weighted by Gasteiger charge is -2.21. The molecule has 0 aliphatic carbocycles. The molecule has 0 saturated carbocycles. The predicted molar refractivity (Wildman–Crippen MR) is 137 cm³/mol. The first-order chi connectivity index (χ1) is 16.0. The van der Waals surface area contributed by atoms with Crippen molar-refractivity contribution in [2.75, 3.05) is 55.1 Å². The van der Waals surface area contributed by atoms with Gasteiger partial charge in [0.1, 0.15) is 0 Å². The van der Waals surface area contributed by atoms with Gasteiger partial charge < -0.3 is 28.7 Å². The summed E-state index contributed by atoms with van der Waals surface area (Å²) in [6.45, 7) is 2.49. The van der Waals surface area contributed by atoms with Crippen LogP contribution in [0.5, 0.6) is 23.0 Å². The van der Waals surface area contributed by atoms with E-state index in [2.05, 4.69) is 18.0 Å². The minimum atomic E-state index is 0. The van der Waals surface area contributed by atoms with Crippen LogP contribution in [0.2, 0.25) is 0 Å². The van der Waals surface area contributed by atoms with Crippen LogP contribution in [0.15, 0.2) is 36.5 Å². The first kappa shape index (κ1) is 27.3. The Balaban J connectivity index is 0.00000408. The Labute approximate surface area is 208 Å². The minimum absolute atomic E-state index is 0. The Kier molecular flexibility index (Phi) is 10.5. The van der Waals surface area contributed by atoms with E-state index in [1.54, 1.807) is 33.3 Å². The van der Waals surface area contributed by atoms with Crippen molar-refractivity contribution in [3.8, 4) is 23.0 Å². The number of hydrogen-bond donors (Lipinski definition) is 0. The van der Waals surface area contributed by atoms with Crippen molar-refractivity contribution in [1.29, 1.82) is 0 Å². The van der Waals surface area contributed by atoms with Crippen LogP contribution >= 0.6 is 12.4 Å². The molecule has 1 aliphatic heterocycles. The van der Waals surface area contributed by atoms with Crippen LogP contribution < -0.4 is 18.9 Å². The molecule has 0 unspecified atom stereocenters. The number of hydrogen-bond acceptors (Lipinski definition) is 6. The quantitative estimate of drug-likeness (QED) is 0.473. The molecule has 2 aromatic rings. The summed E-state index contributed by atoms with van der Waals surface area (Å²) in [5.74, 6) is 2.82. The van der Waals surface area contributed by atoms with Gasteiger partial charge >= 0.3 is 0 Å². The average molecular weight is 491 g/mol. The number of likely N-dealkylation sites (N-methyl/N-ethyl adjacent to an activating group) is 1. The molecule has 0 N–H and O–H groups in total. The van der Waals surface area contributed by atoms with Crippen LogP contribution in [0, 0.1) is 0 Å². The number of halogens is 1. The van der Waals surface area contributed by atoms with Crippen molar-refractivity contribution in [3.05, 3.63) is 53.2 Å².